The lowest BCUT2D eigenvalue weighted by Gasteiger charge is -2.36. The van der Waals surface area contributed by atoms with Gasteiger partial charge >= 0.3 is 6.03 Å². The zero-order valence-electron chi connectivity index (χ0n) is 13.5. The highest BCUT2D eigenvalue weighted by Gasteiger charge is 2.27. The Labute approximate surface area is 134 Å². The van der Waals surface area contributed by atoms with Crippen LogP contribution in [0.4, 0.5) is 13.6 Å². The number of carbonyl (C=O) groups is 2. The first-order chi connectivity index (χ1) is 10.7. The van der Waals surface area contributed by atoms with Crippen molar-refractivity contribution in [3.05, 3.63) is 35.4 Å². The molecule has 1 aromatic carbocycles. The summed E-state index contributed by atoms with van der Waals surface area (Å²) < 4.78 is 26.6. The standard InChI is InChI=1S/C16H21F2N3O2/c1-16(2,3)19-15(23)21-8-6-20(7-9-21)14(22)12-5-4-11(17)10-13(12)18/h4-5,10H,6-9H2,1-3H3,(H,19,23). The number of piperazine rings is 1. The Kier molecular flexibility index (Phi) is 4.87. The molecule has 0 atom stereocenters. The van der Waals surface area contributed by atoms with Crippen molar-refractivity contribution in [1.82, 2.24) is 15.1 Å². The summed E-state index contributed by atoms with van der Waals surface area (Å²) in [7, 11) is 0. The van der Waals surface area contributed by atoms with E-state index in [0.717, 1.165) is 12.1 Å². The third-order valence-corrected chi connectivity index (χ3v) is 3.50. The Morgan fingerprint density at radius 2 is 1.61 bits per heavy atom. The average molecular weight is 325 g/mol. The summed E-state index contributed by atoms with van der Waals surface area (Å²) in [6.45, 7) is 7.04. The van der Waals surface area contributed by atoms with Gasteiger partial charge in [0.05, 0.1) is 5.56 Å². The van der Waals surface area contributed by atoms with Gasteiger partial charge in [-0.3, -0.25) is 4.79 Å². The van der Waals surface area contributed by atoms with Crippen molar-refractivity contribution < 1.29 is 18.4 Å². The molecule has 1 aliphatic rings. The van der Waals surface area contributed by atoms with Crippen LogP contribution in [0.3, 0.4) is 0 Å². The van der Waals surface area contributed by atoms with E-state index in [0.29, 0.717) is 32.2 Å². The Morgan fingerprint density at radius 3 is 2.13 bits per heavy atom. The molecular formula is C16H21F2N3O2. The Balaban J connectivity index is 1.96. The van der Waals surface area contributed by atoms with E-state index < -0.39 is 17.5 Å². The second-order valence-corrected chi connectivity index (χ2v) is 6.58. The molecule has 0 spiro atoms. The summed E-state index contributed by atoms with van der Waals surface area (Å²) in [6.07, 6.45) is 0. The van der Waals surface area contributed by atoms with Gasteiger partial charge in [0.25, 0.3) is 5.91 Å². The van der Waals surface area contributed by atoms with E-state index in [1.165, 1.54) is 4.90 Å². The average Bonchev–Trinajstić information content (AvgIpc) is 2.45. The van der Waals surface area contributed by atoms with E-state index in [-0.39, 0.29) is 17.1 Å². The number of hydrogen-bond acceptors (Lipinski definition) is 2. The second kappa shape index (κ2) is 6.52. The van der Waals surface area contributed by atoms with Gasteiger partial charge in [0.2, 0.25) is 0 Å². The van der Waals surface area contributed by atoms with Gasteiger partial charge < -0.3 is 15.1 Å². The molecule has 1 aromatic rings. The van der Waals surface area contributed by atoms with Crippen LogP contribution in [0, 0.1) is 11.6 Å². The molecule has 0 saturated carbocycles. The maximum absolute atomic E-state index is 13.7. The Morgan fingerprint density at radius 1 is 1.04 bits per heavy atom. The molecule has 1 aliphatic heterocycles. The first kappa shape index (κ1) is 17.2. The van der Waals surface area contributed by atoms with Crippen LogP contribution in [0.1, 0.15) is 31.1 Å². The van der Waals surface area contributed by atoms with Gasteiger partial charge in [-0.05, 0) is 32.9 Å². The second-order valence-electron chi connectivity index (χ2n) is 6.58. The van der Waals surface area contributed by atoms with Crippen LogP contribution in [0.15, 0.2) is 18.2 Å². The molecule has 7 heteroatoms. The molecule has 1 heterocycles. The predicted molar refractivity (Wildman–Crippen MR) is 82.1 cm³/mol. The molecule has 3 amide bonds. The van der Waals surface area contributed by atoms with Crippen molar-refractivity contribution in [1.29, 1.82) is 0 Å². The van der Waals surface area contributed by atoms with Crippen molar-refractivity contribution >= 4 is 11.9 Å². The SMILES string of the molecule is CC(C)(C)NC(=O)N1CCN(C(=O)c2ccc(F)cc2F)CC1. The van der Waals surface area contributed by atoms with Crippen LogP contribution in [-0.2, 0) is 0 Å². The maximum atomic E-state index is 13.7. The quantitative estimate of drug-likeness (QED) is 0.861. The number of nitrogens with zero attached hydrogens (tertiary/aromatic N) is 2. The molecule has 0 aliphatic carbocycles. The van der Waals surface area contributed by atoms with E-state index >= 15 is 0 Å². The predicted octanol–water partition coefficient (Wildman–Crippen LogP) is 2.23. The van der Waals surface area contributed by atoms with Crippen molar-refractivity contribution in [2.24, 2.45) is 0 Å². The van der Waals surface area contributed by atoms with Gasteiger partial charge in [0.1, 0.15) is 11.6 Å². The van der Waals surface area contributed by atoms with Crippen molar-refractivity contribution in [2.75, 3.05) is 26.2 Å². The van der Waals surface area contributed by atoms with Gasteiger partial charge in [-0.15, -0.1) is 0 Å². The summed E-state index contributed by atoms with van der Waals surface area (Å²) in [6, 6.07) is 2.72. The lowest BCUT2D eigenvalue weighted by molar-refractivity contribution is 0.0656. The lowest BCUT2D eigenvalue weighted by atomic mass is 10.1. The van der Waals surface area contributed by atoms with E-state index in [1.54, 1.807) is 4.90 Å². The Hall–Kier alpha value is -2.18. The van der Waals surface area contributed by atoms with E-state index in [1.807, 2.05) is 20.8 Å². The van der Waals surface area contributed by atoms with Crippen LogP contribution < -0.4 is 5.32 Å². The first-order valence-electron chi connectivity index (χ1n) is 7.49. The van der Waals surface area contributed by atoms with Crippen LogP contribution in [-0.4, -0.2) is 53.5 Å². The topological polar surface area (TPSA) is 52.7 Å². The number of hydrogen-bond donors (Lipinski definition) is 1. The smallest absolute Gasteiger partial charge is 0.317 e. The molecule has 0 unspecified atom stereocenters. The molecular weight excluding hydrogens is 304 g/mol. The fraction of sp³-hybridized carbons (Fsp3) is 0.500. The van der Waals surface area contributed by atoms with Gasteiger partial charge in [0, 0.05) is 37.8 Å². The summed E-state index contributed by atoms with van der Waals surface area (Å²) >= 11 is 0. The third kappa shape index (κ3) is 4.40. The number of urea groups is 1. The summed E-state index contributed by atoms with van der Waals surface area (Å²) in [5.74, 6) is -2.08. The number of amides is 3. The van der Waals surface area contributed by atoms with Crippen LogP contribution in [0.2, 0.25) is 0 Å². The molecule has 0 radical (unpaired) electrons. The molecule has 23 heavy (non-hydrogen) atoms. The molecule has 1 saturated heterocycles. The van der Waals surface area contributed by atoms with E-state index in [2.05, 4.69) is 5.32 Å². The molecule has 1 N–H and O–H groups in total. The summed E-state index contributed by atoms with van der Waals surface area (Å²) in [4.78, 5) is 27.4. The first-order valence-corrected chi connectivity index (χ1v) is 7.49. The molecule has 0 bridgehead atoms. The van der Waals surface area contributed by atoms with Gasteiger partial charge in [0.15, 0.2) is 0 Å². The zero-order chi connectivity index (χ0) is 17.2. The third-order valence-electron chi connectivity index (χ3n) is 3.50. The monoisotopic (exact) mass is 325 g/mol. The van der Waals surface area contributed by atoms with Gasteiger partial charge in [-0.2, -0.15) is 0 Å². The molecule has 0 aromatic heterocycles. The highest BCUT2D eigenvalue weighted by atomic mass is 19.1. The number of rotatable bonds is 1. The summed E-state index contributed by atoms with van der Waals surface area (Å²) in [5, 5.41) is 2.86. The number of halogens is 2. The molecule has 126 valence electrons. The lowest BCUT2D eigenvalue weighted by Crippen LogP contribution is -2.56. The van der Waals surface area contributed by atoms with E-state index in [9.17, 15) is 18.4 Å². The highest BCUT2D eigenvalue weighted by Crippen LogP contribution is 2.14. The van der Waals surface area contributed by atoms with Crippen molar-refractivity contribution in [3.63, 3.8) is 0 Å². The van der Waals surface area contributed by atoms with Crippen LogP contribution in [0.25, 0.3) is 0 Å². The highest BCUT2D eigenvalue weighted by molar-refractivity contribution is 5.94. The normalized spacial score (nSPS) is 15.5. The number of nitrogens with one attached hydrogen (secondary N) is 1. The van der Waals surface area contributed by atoms with Gasteiger partial charge in [-0.25, -0.2) is 13.6 Å². The molecule has 1 fully saturated rings. The minimum absolute atomic E-state index is 0.154. The van der Waals surface area contributed by atoms with Crippen LogP contribution >= 0.6 is 0 Å². The van der Waals surface area contributed by atoms with E-state index in [4.69, 9.17) is 0 Å². The van der Waals surface area contributed by atoms with Crippen LogP contribution in [0.5, 0.6) is 0 Å². The minimum atomic E-state index is -0.872. The maximum Gasteiger partial charge on any atom is 0.317 e. The molecule has 2 rings (SSSR count). The number of benzene rings is 1. The number of carbonyl (C=O) groups excluding carboxylic acids is 2. The fourth-order valence-electron chi connectivity index (χ4n) is 2.35. The van der Waals surface area contributed by atoms with Crippen molar-refractivity contribution in [2.45, 2.75) is 26.3 Å². The van der Waals surface area contributed by atoms with Crippen molar-refractivity contribution in [3.8, 4) is 0 Å². The molecule has 5 nitrogen and oxygen atoms in total. The summed E-state index contributed by atoms with van der Waals surface area (Å²) in [5.41, 5.74) is -0.486. The zero-order valence-corrected chi connectivity index (χ0v) is 13.5. The largest absolute Gasteiger partial charge is 0.335 e. The Bertz CT molecular complexity index is 606. The fourth-order valence-corrected chi connectivity index (χ4v) is 2.35. The minimum Gasteiger partial charge on any atom is -0.335 e. The van der Waals surface area contributed by atoms with Gasteiger partial charge in [-0.1, -0.05) is 0 Å².